The third-order valence-corrected chi connectivity index (χ3v) is 2.64. The van der Waals surface area contributed by atoms with Crippen molar-refractivity contribution in [3.8, 4) is 5.75 Å². The van der Waals surface area contributed by atoms with Gasteiger partial charge in [-0.2, -0.15) is 0 Å². The van der Waals surface area contributed by atoms with Crippen LogP contribution >= 0.6 is 0 Å². The van der Waals surface area contributed by atoms with Crippen LogP contribution in [0.3, 0.4) is 0 Å². The van der Waals surface area contributed by atoms with Crippen LogP contribution in [0.4, 0.5) is 0 Å². The van der Waals surface area contributed by atoms with Gasteiger partial charge in [-0.15, -0.1) is 0 Å². The molecule has 0 spiro atoms. The Hall–Kier alpha value is -2.56. The van der Waals surface area contributed by atoms with Gasteiger partial charge in [0.15, 0.2) is 0 Å². The molecule has 0 N–H and O–H groups in total. The highest BCUT2D eigenvalue weighted by molar-refractivity contribution is 5.87. The predicted octanol–water partition coefficient (Wildman–Crippen LogP) is 2.76. The normalized spacial score (nSPS) is 11.8. The van der Waals surface area contributed by atoms with Crippen LogP contribution in [0.1, 0.15) is 19.4 Å². The summed E-state index contributed by atoms with van der Waals surface area (Å²) in [7, 11) is 1.59. The number of hydrogen-bond donors (Lipinski definition) is 0. The largest absolute Gasteiger partial charge is 0.497 e. The third kappa shape index (κ3) is 6.26. The molecular formula is C17H20O5. The number of carbonyl (C=O) groups excluding carboxylic acids is 2. The number of ether oxygens (including phenoxy) is 3. The summed E-state index contributed by atoms with van der Waals surface area (Å²) in [6.07, 6.45) is 2.42. The van der Waals surface area contributed by atoms with Gasteiger partial charge in [-0.3, -0.25) is 0 Å². The molecule has 0 aromatic heterocycles. The fourth-order valence-corrected chi connectivity index (χ4v) is 1.44. The highest BCUT2D eigenvalue weighted by atomic mass is 16.6. The highest BCUT2D eigenvalue weighted by Gasteiger charge is 2.11. The number of esters is 2. The van der Waals surface area contributed by atoms with Crippen LogP contribution < -0.4 is 4.74 Å². The maximum Gasteiger partial charge on any atom is 0.333 e. The Morgan fingerprint density at radius 1 is 1.27 bits per heavy atom. The van der Waals surface area contributed by atoms with E-state index in [0.29, 0.717) is 5.57 Å². The van der Waals surface area contributed by atoms with Crippen LogP contribution in [-0.4, -0.2) is 31.8 Å². The SMILES string of the molecule is C=C(C)C(=O)OC(C)COC(=O)C=Cc1ccc(OC)cc1. The summed E-state index contributed by atoms with van der Waals surface area (Å²) in [6.45, 7) is 6.66. The number of methoxy groups -OCH3 is 1. The van der Waals surface area contributed by atoms with Crippen molar-refractivity contribution in [3.05, 3.63) is 48.1 Å². The first-order chi connectivity index (χ1) is 10.4. The molecule has 0 aliphatic heterocycles. The minimum absolute atomic E-state index is 0.00912. The van der Waals surface area contributed by atoms with E-state index < -0.39 is 18.0 Å². The molecule has 1 aromatic rings. The van der Waals surface area contributed by atoms with E-state index in [-0.39, 0.29) is 6.61 Å². The molecule has 0 heterocycles. The lowest BCUT2D eigenvalue weighted by Crippen LogP contribution is -2.22. The lowest BCUT2D eigenvalue weighted by atomic mass is 10.2. The van der Waals surface area contributed by atoms with Gasteiger partial charge in [-0.05, 0) is 37.6 Å². The first kappa shape index (κ1) is 17.5. The smallest absolute Gasteiger partial charge is 0.333 e. The lowest BCUT2D eigenvalue weighted by Gasteiger charge is -2.12. The van der Waals surface area contributed by atoms with Crippen molar-refractivity contribution in [2.24, 2.45) is 0 Å². The average Bonchev–Trinajstić information content (AvgIpc) is 2.51. The lowest BCUT2D eigenvalue weighted by molar-refractivity contribution is -0.152. The molecule has 0 fully saturated rings. The summed E-state index contributed by atoms with van der Waals surface area (Å²) in [4.78, 5) is 22.8. The van der Waals surface area contributed by atoms with Gasteiger partial charge >= 0.3 is 11.9 Å². The quantitative estimate of drug-likeness (QED) is 0.572. The van der Waals surface area contributed by atoms with E-state index in [1.54, 1.807) is 39.2 Å². The molecule has 0 radical (unpaired) electrons. The van der Waals surface area contributed by atoms with E-state index in [4.69, 9.17) is 14.2 Å². The van der Waals surface area contributed by atoms with Crippen molar-refractivity contribution in [3.63, 3.8) is 0 Å². The van der Waals surface area contributed by atoms with Crippen molar-refractivity contribution in [1.82, 2.24) is 0 Å². The van der Waals surface area contributed by atoms with Crippen molar-refractivity contribution in [2.75, 3.05) is 13.7 Å². The van der Waals surface area contributed by atoms with E-state index in [0.717, 1.165) is 11.3 Å². The van der Waals surface area contributed by atoms with Crippen molar-refractivity contribution < 1.29 is 23.8 Å². The molecule has 118 valence electrons. The summed E-state index contributed by atoms with van der Waals surface area (Å²) in [5.41, 5.74) is 1.15. The summed E-state index contributed by atoms with van der Waals surface area (Å²) in [5.74, 6) is -0.265. The molecule has 1 unspecified atom stereocenters. The van der Waals surface area contributed by atoms with Gasteiger partial charge < -0.3 is 14.2 Å². The second kappa shape index (κ2) is 8.67. The van der Waals surface area contributed by atoms with E-state index in [1.807, 2.05) is 12.1 Å². The van der Waals surface area contributed by atoms with Gasteiger partial charge in [0, 0.05) is 11.6 Å². The Kier molecular flexibility index (Phi) is 6.89. The maximum atomic E-state index is 11.6. The first-order valence-electron chi connectivity index (χ1n) is 6.77. The fraction of sp³-hybridized carbons (Fsp3) is 0.294. The zero-order valence-electron chi connectivity index (χ0n) is 13.0. The molecule has 0 saturated heterocycles. The number of benzene rings is 1. The zero-order valence-corrected chi connectivity index (χ0v) is 13.0. The second-order valence-corrected chi connectivity index (χ2v) is 4.73. The van der Waals surface area contributed by atoms with Crippen molar-refractivity contribution in [2.45, 2.75) is 20.0 Å². The van der Waals surface area contributed by atoms with E-state index >= 15 is 0 Å². The van der Waals surface area contributed by atoms with Crippen LogP contribution in [0.15, 0.2) is 42.5 Å². The van der Waals surface area contributed by atoms with Crippen LogP contribution in [0.2, 0.25) is 0 Å². The van der Waals surface area contributed by atoms with Crippen molar-refractivity contribution >= 4 is 18.0 Å². The minimum Gasteiger partial charge on any atom is -0.497 e. The van der Waals surface area contributed by atoms with Crippen LogP contribution in [0, 0.1) is 0 Å². The summed E-state index contributed by atoms with van der Waals surface area (Å²) < 4.78 is 15.0. The van der Waals surface area contributed by atoms with Gasteiger partial charge in [0.05, 0.1) is 7.11 Å². The monoisotopic (exact) mass is 304 g/mol. The van der Waals surface area contributed by atoms with E-state index in [9.17, 15) is 9.59 Å². The zero-order chi connectivity index (χ0) is 16.5. The average molecular weight is 304 g/mol. The van der Waals surface area contributed by atoms with Gasteiger partial charge in [-0.1, -0.05) is 18.7 Å². The summed E-state index contributed by atoms with van der Waals surface area (Å²) in [5, 5.41) is 0. The highest BCUT2D eigenvalue weighted by Crippen LogP contribution is 2.12. The summed E-state index contributed by atoms with van der Waals surface area (Å²) >= 11 is 0. The molecule has 1 aromatic carbocycles. The molecular weight excluding hydrogens is 284 g/mol. The van der Waals surface area contributed by atoms with Gasteiger partial charge in [0.1, 0.15) is 18.5 Å². The molecule has 0 aliphatic carbocycles. The Balaban J connectivity index is 2.40. The molecule has 5 nitrogen and oxygen atoms in total. The third-order valence-electron chi connectivity index (χ3n) is 2.64. The topological polar surface area (TPSA) is 61.8 Å². The first-order valence-corrected chi connectivity index (χ1v) is 6.77. The predicted molar refractivity (Wildman–Crippen MR) is 83.4 cm³/mol. The Morgan fingerprint density at radius 2 is 1.91 bits per heavy atom. The van der Waals surface area contributed by atoms with Crippen LogP contribution in [0.25, 0.3) is 6.08 Å². The van der Waals surface area contributed by atoms with Crippen molar-refractivity contribution in [1.29, 1.82) is 0 Å². The second-order valence-electron chi connectivity index (χ2n) is 4.73. The Morgan fingerprint density at radius 3 is 2.45 bits per heavy atom. The number of hydrogen-bond acceptors (Lipinski definition) is 5. The van der Waals surface area contributed by atoms with Gasteiger partial charge in [-0.25, -0.2) is 9.59 Å². The molecule has 0 saturated carbocycles. The van der Waals surface area contributed by atoms with E-state index in [1.165, 1.54) is 6.08 Å². The molecule has 0 bridgehead atoms. The van der Waals surface area contributed by atoms with Crippen LogP contribution in [0.5, 0.6) is 5.75 Å². The number of rotatable bonds is 7. The molecule has 0 amide bonds. The molecule has 22 heavy (non-hydrogen) atoms. The molecule has 5 heteroatoms. The maximum absolute atomic E-state index is 11.6. The Bertz CT molecular complexity index is 557. The molecule has 0 aliphatic rings. The van der Waals surface area contributed by atoms with E-state index in [2.05, 4.69) is 6.58 Å². The number of carbonyl (C=O) groups is 2. The standard InChI is InChI=1S/C17H20O5/c1-12(2)17(19)22-13(3)11-21-16(18)10-7-14-5-8-15(20-4)9-6-14/h5-10,13H,1,11H2,2-4H3. The fourth-order valence-electron chi connectivity index (χ4n) is 1.44. The minimum atomic E-state index is -0.525. The van der Waals surface area contributed by atoms with Gasteiger partial charge in [0.25, 0.3) is 0 Å². The molecule has 1 rings (SSSR count). The molecule has 1 atom stereocenters. The van der Waals surface area contributed by atoms with Gasteiger partial charge in [0.2, 0.25) is 0 Å². The van der Waals surface area contributed by atoms with Crippen LogP contribution in [-0.2, 0) is 19.1 Å². The Labute approximate surface area is 130 Å². The summed E-state index contributed by atoms with van der Waals surface area (Å²) in [6, 6.07) is 7.23.